The van der Waals surface area contributed by atoms with Crippen LogP contribution in [0.3, 0.4) is 0 Å². The number of aromatic nitrogens is 1. The molecule has 4 rings (SSSR count). The molecule has 0 saturated heterocycles. The van der Waals surface area contributed by atoms with Crippen molar-refractivity contribution in [2.45, 2.75) is 33.1 Å². The zero-order valence-electron chi connectivity index (χ0n) is 20.0. The van der Waals surface area contributed by atoms with Crippen molar-refractivity contribution in [1.29, 1.82) is 0 Å². The van der Waals surface area contributed by atoms with Gasteiger partial charge >= 0.3 is 6.18 Å². The predicted octanol–water partition coefficient (Wildman–Crippen LogP) is 6.27. The number of pyridine rings is 1. The van der Waals surface area contributed by atoms with E-state index in [2.05, 4.69) is 9.98 Å². The molecular weight excluding hydrogens is 469 g/mol. The first-order valence-electron chi connectivity index (χ1n) is 11.2. The summed E-state index contributed by atoms with van der Waals surface area (Å²) in [5, 5.41) is 0. The summed E-state index contributed by atoms with van der Waals surface area (Å²) in [5.74, 6) is 0.0822. The minimum Gasteiger partial charge on any atom is -0.482 e. The number of aliphatic imine (C=N–C) groups is 1. The van der Waals surface area contributed by atoms with Gasteiger partial charge in [-0.3, -0.25) is 9.79 Å². The third-order valence-electron chi connectivity index (χ3n) is 5.72. The second-order valence-corrected chi connectivity index (χ2v) is 8.58. The lowest BCUT2D eigenvalue weighted by Gasteiger charge is -2.22. The minimum atomic E-state index is -4.51. The van der Waals surface area contributed by atoms with E-state index in [1.165, 1.54) is 25.1 Å². The lowest BCUT2D eigenvalue weighted by atomic mass is 10.0. The Bertz CT molecular complexity index is 1350. The Morgan fingerprint density at radius 2 is 1.78 bits per heavy atom. The molecule has 0 radical (unpaired) electrons. The van der Waals surface area contributed by atoms with Gasteiger partial charge in [0.25, 0.3) is 5.91 Å². The average molecular weight is 495 g/mol. The molecule has 1 aromatic heterocycles. The molecule has 1 amide bonds. The Morgan fingerprint density at radius 1 is 1.08 bits per heavy atom. The first-order chi connectivity index (χ1) is 17.0. The van der Waals surface area contributed by atoms with Crippen LogP contribution in [0, 0.1) is 0 Å². The molecule has 2 N–H and O–H groups in total. The van der Waals surface area contributed by atoms with E-state index in [0.717, 1.165) is 23.0 Å². The Kier molecular flexibility index (Phi) is 6.83. The summed E-state index contributed by atoms with van der Waals surface area (Å²) in [7, 11) is 0. The van der Waals surface area contributed by atoms with Gasteiger partial charge in [-0.15, -0.1) is 0 Å². The lowest BCUT2D eigenvalue weighted by Crippen LogP contribution is -2.32. The fourth-order valence-electron chi connectivity index (χ4n) is 4.06. The summed E-state index contributed by atoms with van der Waals surface area (Å²) in [6.45, 7) is 5.66. The van der Waals surface area contributed by atoms with E-state index in [-0.39, 0.29) is 23.0 Å². The standard InChI is InChI=1S/C27H25F3N4O2/c1-16-14-34(15-17(2)33-16)26(35)20-10-8-19(9-11-20)21-12-24(25(31)32-13-21)36-18(3)22-6-4-5-7-23(22)27(28,29)30/h4-14,18H,15H2,1-3H3,(H2,31,32). The molecule has 1 aliphatic rings. The van der Waals surface area contributed by atoms with Gasteiger partial charge in [-0.1, -0.05) is 30.3 Å². The van der Waals surface area contributed by atoms with E-state index in [1.54, 1.807) is 47.6 Å². The van der Waals surface area contributed by atoms with Crippen molar-refractivity contribution in [1.82, 2.24) is 9.88 Å². The van der Waals surface area contributed by atoms with E-state index in [4.69, 9.17) is 10.5 Å². The van der Waals surface area contributed by atoms with Gasteiger partial charge in [0.05, 0.1) is 17.8 Å². The Balaban J connectivity index is 1.55. The number of amides is 1. The van der Waals surface area contributed by atoms with Crippen molar-refractivity contribution < 1.29 is 22.7 Å². The number of hydrogen-bond donors (Lipinski definition) is 1. The van der Waals surface area contributed by atoms with Crippen molar-refractivity contribution in [3.63, 3.8) is 0 Å². The summed E-state index contributed by atoms with van der Waals surface area (Å²) in [6, 6.07) is 13.8. The van der Waals surface area contributed by atoms with Crippen LogP contribution in [0.5, 0.6) is 5.75 Å². The number of hydrogen-bond acceptors (Lipinski definition) is 5. The molecule has 1 unspecified atom stereocenters. The number of alkyl halides is 3. The van der Waals surface area contributed by atoms with E-state index in [0.29, 0.717) is 17.7 Å². The smallest absolute Gasteiger partial charge is 0.416 e. The largest absolute Gasteiger partial charge is 0.482 e. The highest BCUT2D eigenvalue weighted by Gasteiger charge is 2.34. The number of ether oxygens (including phenoxy) is 1. The van der Waals surface area contributed by atoms with Crippen molar-refractivity contribution >= 4 is 17.4 Å². The maximum Gasteiger partial charge on any atom is 0.416 e. The maximum atomic E-state index is 13.4. The molecule has 0 fully saturated rings. The van der Waals surface area contributed by atoms with E-state index < -0.39 is 17.8 Å². The third-order valence-corrected chi connectivity index (χ3v) is 5.72. The second-order valence-electron chi connectivity index (χ2n) is 8.58. The van der Waals surface area contributed by atoms with Gasteiger partial charge < -0.3 is 15.4 Å². The number of allylic oxidation sites excluding steroid dienone is 1. The van der Waals surface area contributed by atoms with Crippen molar-refractivity contribution in [2.24, 2.45) is 4.99 Å². The van der Waals surface area contributed by atoms with Crippen molar-refractivity contribution in [2.75, 3.05) is 12.3 Å². The minimum absolute atomic E-state index is 0.0000471. The van der Waals surface area contributed by atoms with Gasteiger partial charge in [0.1, 0.15) is 6.10 Å². The van der Waals surface area contributed by atoms with Gasteiger partial charge in [-0.2, -0.15) is 13.2 Å². The zero-order chi connectivity index (χ0) is 26.0. The SMILES string of the molecule is CC1=CN(C(=O)c2ccc(-c3cnc(N)c(OC(C)c4ccccc4C(F)(F)F)c3)cc2)CC(C)=N1. The Hall–Kier alpha value is -4.14. The van der Waals surface area contributed by atoms with Crippen molar-refractivity contribution in [3.05, 3.63) is 89.4 Å². The molecular formula is C27H25F3N4O2. The number of nitrogens with zero attached hydrogens (tertiary/aromatic N) is 3. The van der Waals surface area contributed by atoms with E-state index in [9.17, 15) is 18.0 Å². The summed E-state index contributed by atoms with van der Waals surface area (Å²) in [4.78, 5) is 23.0. The second kappa shape index (κ2) is 9.85. The van der Waals surface area contributed by atoms with Crippen LogP contribution < -0.4 is 10.5 Å². The summed E-state index contributed by atoms with van der Waals surface area (Å²) < 4.78 is 46.1. The monoisotopic (exact) mass is 494 g/mol. The highest BCUT2D eigenvalue weighted by atomic mass is 19.4. The fraction of sp³-hybridized carbons (Fsp3) is 0.222. The number of nitrogens with two attached hydrogens (primary N) is 1. The van der Waals surface area contributed by atoms with Crippen LogP contribution >= 0.6 is 0 Å². The first-order valence-corrected chi connectivity index (χ1v) is 11.2. The topological polar surface area (TPSA) is 80.8 Å². The molecule has 186 valence electrons. The molecule has 9 heteroatoms. The molecule has 6 nitrogen and oxygen atoms in total. The number of anilines is 1. The van der Waals surface area contributed by atoms with Crippen molar-refractivity contribution in [3.8, 4) is 16.9 Å². The molecule has 2 heterocycles. The highest BCUT2D eigenvalue weighted by molar-refractivity contribution is 5.99. The van der Waals surface area contributed by atoms with Gasteiger partial charge in [0.2, 0.25) is 0 Å². The number of carbonyl (C=O) groups excluding carboxylic acids is 1. The van der Waals surface area contributed by atoms with Gasteiger partial charge in [-0.05, 0) is 50.6 Å². The van der Waals surface area contributed by atoms with Gasteiger partial charge in [-0.25, -0.2) is 4.98 Å². The summed E-state index contributed by atoms with van der Waals surface area (Å²) >= 11 is 0. The molecule has 3 aromatic rings. The molecule has 36 heavy (non-hydrogen) atoms. The van der Waals surface area contributed by atoms with Crippen LogP contribution in [0.1, 0.15) is 48.4 Å². The third kappa shape index (κ3) is 5.40. The fourth-order valence-corrected chi connectivity index (χ4v) is 4.06. The first kappa shape index (κ1) is 25.0. The number of halogens is 3. The molecule has 2 aromatic carbocycles. The van der Waals surface area contributed by atoms with E-state index in [1.807, 2.05) is 13.8 Å². The lowest BCUT2D eigenvalue weighted by molar-refractivity contribution is -0.138. The van der Waals surface area contributed by atoms with E-state index >= 15 is 0 Å². The van der Waals surface area contributed by atoms with Gasteiger partial charge in [0.15, 0.2) is 11.6 Å². The van der Waals surface area contributed by atoms with Gasteiger partial charge in [0, 0.05) is 34.8 Å². The number of nitrogen functional groups attached to an aromatic ring is 1. The number of carbonyl (C=O) groups is 1. The molecule has 1 atom stereocenters. The molecule has 1 aliphatic heterocycles. The zero-order valence-corrected chi connectivity index (χ0v) is 20.0. The molecule has 0 bridgehead atoms. The highest BCUT2D eigenvalue weighted by Crippen LogP contribution is 2.37. The summed E-state index contributed by atoms with van der Waals surface area (Å²) in [6.07, 6.45) is -2.17. The Labute approximate surface area is 206 Å². The van der Waals surface area contributed by atoms with Crippen LogP contribution in [-0.2, 0) is 6.18 Å². The quantitative estimate of drug-likeness (QED) is 0.454. The molecule has 0 spiro atoms. The number of rotatable bonds is 5. The average Bonchev–Trinajstić information content (AvgIpc) is 2.84. The maximum absolute atomic E-state index is 13.4. The molecule has 0 saturated carbocycles. The predicted molar refractivity (Wildman–Crippen MR) is 132 cm³/mol. The number of benzene rings is 2. The molecule has 0 aliphatic carbocycles. The Morgan fingerprint density at radius 3 is 2.44 bits per heavy atom. The van der Waals surface area contributed by atoms with Crippen LogP contribution in [0.4, 0.5) is 19.0 Å². The normalized spacial score (nSPS) is 14.7. The summed E-state index contributed by atoms with van der Waals surface area (Å²) in [5.41, 5.74) is 8.71. The van der Waals surface area contributed by atoms with Crippen LogP contribution in [0.25, 0.3) is 11.1 Å². The van der Waals surface area contributed by atoms with Crippen LogP contribution in [0.2, 0.25) is 0 Å². The van der Waals surface area contributed by atoms with Crippen LogP contribution in [-0.4, -0.2) is 28.0 Å². The van der Waals surface area contributed by atoms with Crippen LogP contribution in [0.15, 0.2) is 77.7 Å².